The Morgan fingerprint density at radius 3 is 0.818 bits per heavy atom. The van der Waals surface area contributed by atoms with Crippen molar-refractivity contribution < 1.29 is 20.1 Å². The van der Waals surface area contributed by atoms with E-state index in [9.17, 15) is 20.1 Å². The number of hydrogen-bond acceptors (Lipinski definition) is 4. The second kappa shape index (κ2) is 46.0. The molecule has 0 saturated carbocycles. The highest BCUT2D eigenvalue weighted by Crippen LogP contribution is 2.18. The number of carbonyl (C=O) groups excluding carboxylic acids is 1. The molecule has 5 nitrogen and oxygen atoms in total. The fraction of sp³-hybridized carbons (Fsp3) is 0.980. The van der Waals surface area contributed by atoms with Crippen LogP contribution in [0.5, 0.6) is 0 Å². The molecule has 0 heterocycles. The smallest absolute Gasteiger partial charge is 0.249 e. The third-order valence-corrected chi connectivity index (χ3v) is 12.2. The van der Waals surface area contributed by atoms with E-state index in [0.29, 0.717) is 12.8 Å². The van der Waals surface area contributed by atoms with Gasteiger partial charge < -0.3 is 20.6 Å². The average Bonchev–Trinajstić information content (AvgIpc) is 3.19. The van der Waals surface area contributed by atoms with Crippen LogP contribution < -0.4 is 5.32 Å². The molecular formula is C50H101NO4. The van der Waals surface area contributed by atoms with Gasteiger partial charge in [0.2, 0.25) is 5.91 Å². The fourth-order valence-corrected chi connectivity index (χ4v) is 8.25. The number of aliphatic hydroxyl groups is 3. The van der Waals surface area contributed by atoms with Gasteiger partial charge in [0, 0.05) is 0 Å². The van der Waals surface area contributed by atoms with Crippen molar-refractivity contribution in [1.82, 2.24) is 5.32 Å². The van der Waals surface area contributed by atoms with Gasteiger partial charge in [0.1, 0.15) is 6.10 Å². The number of aliphatic hydroxyl groups excluding tert-OH is 3. The Hall–Kier alpha value is -0.650. The number of nitrogens with one attached hydrogen (secondary N) is 1. The van der Waals surface area contributed by atoms with E-state index in [1.165, 1.54) is 231 Å². The van der Waals surface area contributed by atoms with Crippen molar-refractivity contribution >= 4 is 5.91 Å². The van der Waals surface area contributed by atoms with Crippen molar-refractivity contribution in [3.8, 4) is 0 Å². The summed E-state index contributed by atoms with van der Waals surface area (Å²) in [6.45, 7) is 4.26. The summed E-state index contributed by atoms with van der Waals surface area (Å²) in [4.78, 5) is 12.5. The van der Waals surface area contributed by atoms with Gasteiger partial charge in [-0.3, -0.25) is 4.79 Å². The first-order chi connectivity index (χ1) is 27.1. The molecule has 0 aromatic heterocycles. The normalized spacial score (nSPS) is 13.3. The summed E-state index contributed by atoms with van der Waals surface area (Å²) in [6.07, 6.45) is 54.2. The Bertz CT molecular complexity index is 733. The molecule has 3 unspecified atom stereocenters. The van der Waals surface area contributed by atoms with Crippen LogP contribution in [0.1, 0.15) is 290 Å². The molecule has 0 aromatic carbocycles. The molecule has 0 radical (unpaired) electrons. The van der Waals surface area contributed by atoms with Crippen LogP contribution >= 0.6 is 0 Å². The van der Waals surface area contributed by atoms with Gasteiger partial charge in [-0.05, 0) is 12.8 Å². The van der Waals surface area contributed by atoms with Crippen molar-refractivity contribution in [3.05, 3.63) is 0 Å². The van der Waals surface area contributed by atoms with E-state index in [1.807, 2.05) is 0 Å². The van der Waals surface area contributed by atoms with E-state index in [1.54, 1.807) is 0 Å². The molecule has 0 fully saturated rings. The van der Waals surface area contributed by atoms with Crippen LogP contribution in [0.15, 0.2) is 0 Å². The van der Waals surface area contributed by atoms with Crippen LogP contribution in [0, 0.1) is 0 Å². The van der Waals surface area contributed by atoms with Gasteiger partial charge in [-0.1, -0.05) is 277 Å². The predicted octanol–water partition coefficient (Wildman–Crippen LogP) is 15.0. The Balaban J connectivity index is 3.48. The van der Waals surface area contributed by atoms with Crippen molar-refractivity contribution in [3.63, 3.8) is 0 Å². The van der Waals surface area contributed by atoms with Gasteiger partial charge in [-0.2, -0.15) is 0 Å². The second-order valence-electron chi connectivity index (χ2n) is 17.7. The maximum absolute atomic E-state index is 12.5. The third kappa shape index (κ3) is 41.3. The van der Waals surface area contributed by atoms with Gasteiger partial charge >= 0.3 is 0 Å². The van der Waals surface area contributed by atoms with Gasteiger partial charge in [0.25, 0.3) is 0 Å². The molecule has 0 aliphatic rings. The number of rotatable bonds is 47. The largest absolute Gasteiger partial charge is 0.394 e. The van der Waals surface area contributed by atoms with Crippen molar-refractivity contribution in [2.24, 2.45) is 0 Å². The molecule has 55 heavy (non-hydrogen) atoms. The zero-order valence-corrected chi connectivity index (χ0v) is 37.6. The highest BCUT2D eigenvalue weighted by molar-refractivity contribution is 5.80. The number of amides is 1. The first kappa shape index (κ1) is 54.3. The number of carbonyl (C=O) groups is 1. The van der Waals surface area contributed by atoms with E-state index in [0.717, 1.165) is 32.1 Å². The van der Waals surface area contributed by atoms with Crippen LogP contribution in [-0.4, -0.2) is 46.1 Å². The molecule has 0 saturated heterocycles. The molecule has 1 amide bonds. The second-order valence-corrected chi connectivity index (χ2v) is 17.7. The molecule has 3 atom stereocenters. The molecule has 0 spiro atoms. The lowest BCUT2D eigenvalue weighted by Gasteiger charge is -2.23. The molecular weight excluding hydrogens is 679 g/mol. The maximum Gasteiger partial charge on any atom is 0.249 e. The molecule has 0 aromatic rings. The Morgan fingerprint density at radius 2 is 0.582 bits per heavy atom. The number of unbranched alkanes of at least 4 members (excludes halogenated alkanes) is 39. The number of hydrogen-bond donors (Lipinski definition) is 4. The van der Waals surface area contributed by atoms with Gasteiger partial charge in [-0.25, -0.2) is 0 Å². The molecule has 5 heteroatoms. The lowest BCUT2D eigenvalue weighted by atomic mass is 10.0. The van der Waals surface area contributed by atoms with E-state index in [4.69, 9.17) is 0 Å². The molecule has 4 N–H and O–H groups in total. The summed E-state index contributed by atoms with van der Waals surface area (Å²) in [6, 6.07) is -0.706. The van der Waals surface area contributed by atoms with Crippen LogP contribution in [0.3, 0.4) is 0 Å². The van der Waals surface area contributed by atoms with E-state index >= 15 is 0 Å². The molecule has 330 valence electrons. The lowest BCUT2D eigenvalue weighted by Crippen LogP contribution is -2.49. The first-order valence-electron chi connectivity index (χ1n) is 25.3. The minimum absolute atomic E-state index is 0.308. The molecule has 0 aliphatic heterocycles. The summed E-state index contributed by atoms with van der Waals surface area (Å²) in [5.74, 6) is -0.464. The topological polar surface area (TPSA) is 89.8 Å². The molecule has 0 aliphatic carbocycles. The monoisotopic (exact) mass is 780 g/mol. The van der Waals surface area contributed by atoms with Gasteiger partial charge in [0.15, 0.2) is 0 Å². The highest BCUT2D eigenvalue weighted by atomic mass is 16.3. The quantitative estimate of drug-likeness (QED) is 0.0463. The summed E-state index contributed by atoms with van der Waals surface area (Å²) < 4.78 is 0. The molecule has 0 bridgehead atoms. The Labute approximate surface area is 345 Å². The summed E-state index contributed by atoms with van der Waals surface area (Å²) >= 11 is 0. The van der Waals surface area contributed by atoms with Crippen LogP contribution in [-0.2, 0) is 4.79 Å². The predicted molar refractivity (Wildman–Crippen MR) is 241 cm³/mol. The minimum Gasteiger partial charge on any atom is -0.394 e. The molecule has 0 rings (SSSR count). The van der Waals surface area contributed by atoms with Crippen LogP contribution in [0.2, 0.25) is 0 Å². The van der Waals surface area contributed by atoms with Crippen molar-refractivity contribution in [1.29, 1.82) is 0 Å². The lowest BCUT2D eigenvalue weighted by molar-refractivity contribution is -0.131. The van der Waals surface area contributed by atoms with Crippen molar-refractivity contribution in [2.45, 2.75) is 308 Å². The minimum atomic E-state index is -1.07. The summed E-state index contributed by atoms with van der Waals surface area (Å²) in [5.41, 5.74) is 0. The average molecular weight is 780 g/mol. The Morgan fingerprint density at radius 1 is 0.364 bits per heavy atom. The Kier molecular flexibility index (Phi) is 45.5. The summed E-state index contributed by atoms with van der Waals surface area (Å²) in [5, 5.41) is 33.4. The fourth-order valence-electron chi connectivity index (χ4n) is 8.25. The zero-order chi connectivity index (χ0) is 40.1. The standard InChI is InChI=1S/C50H101NO4/c1-3-5-7-9-11-13-15-17-19-20-21-22-23-24-25-26-27-28-29-30-31-33-35-37-39-41-43-45-49(54)50(55)51-47(46-52)48(53)44-42-40-38-36-34-32-18-16-14-12-10-8-6-4-2/h47-49,52-54H,3-46H2,1-2H3,(H,51,55). The van der Waals surface area contributed by atoms with E-state index in [2.05, 4.69) is 19.2 Å². The summed E-state index contributed by atoms with van der Waals surface area (Å²) in [7, 11) is 0. The van der Waals surface area contributed by atoms with Crippen molar-refractivity contribution in [2.75, 3.05) is 6.61 Å². The zero-order valence-electron chi connectivity index (χ0n) is 37.6. The van der Waals surface area contributed by atoms with Gasteiger partial charge in [0.05, 0.1) is 18.8 Å². The van der Waals surface area contributed by atoms with E-state index in [-0.39, 0.29) is 6.61 Å². The van der Waals surface area contributed by atoms with Crippen LogP contribution in [0.4, 0.5) is 0 Å². The van der Waals surface area contributed by atoms with Crippen LogP contribution in [0.25, 0.3) is 0 Å². The highest BCUT2D eigenvalue weighted by Gasteiger charge is 2.23. The van der Waals surface area contributed by atoms with Gasteiger partial charge in [-0.15, -0.1) is 0 Å². The first-order valence-corrected chi connectivity index (χ1v) is 25.3. The third-order valence-electron chi connectivity index (χ3n) is 12.2. The SMILES string of the molecule is CCCCCCCCCCCCCCCCCCCCCCCCCCCCCC(O)C(=O)NC(CO)C(O)CCCCCCCCCCCCCCCC. The van der Waals surface area contributed by atoms with E-state index < -0.39 is 24.2 Å². The maximum atomic E-state index is 12.5.